The monoisotopic (exact) mass is 329 g/mol. The number of halogens is 1. The molecule has 1 atom stereocenters. The SMILES string of the molecule is COC1CCCN(C(=O)c2ccc(Br)cc2S)C1. The number of likely N-dealkylation sites (tertiary alicyclic amines) is 1. The van der Waals surface area contributed by atoms with Gasteiger partial charge in [0.15, 0.2) is 0 Å². The van der Waals surface area contributed by atoms with Gasteiger partial charge in [0.1, 0.15) is 0 Å². The van der Waals surface area contributed by atoms with Crippen LogP contribution in [0.15, 0.2) is 27.6 Å². The maximum Gasteiger partial charge on any atom is 0.255 e. The fourth-order valence-corrected chi connectivity index (χ4v) is 3.02. The van der Waals surface area contributed by atoms with Crippen LogP contribution in [-0.2, 0) is 4.74 Å². The zero-order valence-corrected chi connectivity index (χ0v) is 12.7. The Hall–Kier alpha value is -0.520. The standard InChI is InChI=1S/C13H16BrNO2S/c1-17-10-3-2-6-15(8-10)13(16)11-5-4-9(14)7-12(11)18/h4-5,7,10,18H,2-3,6,8H2,1H3. The number of carbonyl (C=O) groups excluding carboxylic acids is 1. The highest BCUT2D eigenvalue weighted by molar-refractivity contribution is 9.10. The van der Waals surface area contributed by atoms with E-state index in [-0.39, 0.29) is 12.0 Å². The summed E-state index contributed by atoms with van der Waals surface area (Å²) in [6.45, 7) is 1.46. The van der Waals surface area contributed by atoms with E-state index in [0.29, 0.717) is 17.0 Å². The van der Waals surface area contributed by atoms with Crippen molar-refractivity contribution in [2.45, 2.75) is 23.8 Å². The summed E-state index contributed by atoms with van der Waals surface area (Å²) in [7, 11) is 1.70. The van der Waals surface area contributed by atoms with E-state index < -0.39 is 0 Å². The first-order valence-corrected chi connectivity index (χ1v) is 7.16. The number of amides is 1. The molecule has 1 unspecified atom stereocenters. The molecule has 1 fully saturated rings. The minimum Gasteiger partial charge on any atom is -0.380 e. The summed E-state index contributed by atoms with van der Waals surface area (Å²) in [6, 6.07) is 5.52. The highest BCUT2D eigenvalue weighted by Gasteiger charge is 2.25. The van der Waals surface area contributed by atoms with Crippen LogP contribution in [0, 0.1) is 0 Å². The summed E-state index contributed by atoms with van der Waals surface area (Å²) < 4.78 is 6.26. The van der Waals surface area contributed by atoms with E-state index in [1.807, 2.05) is 23.1 Å². The lowest BCUT2D eigenvalue weighted by molar-refractivity contribution is 0.0267. The van der Waals surface area contributed by atoms with Gasteiger partial charge in [-0.1, -0.05) is 15.9 Å². The molecule has 1 aromatic carbocycles. The molecule has 1 saturated heterocycles. The Labute approximate surface area is 121 Å². The van der Waals surface area contributed by atoms with Crippen molar-refractivity contribution in [1.29, 1.82) is 0 Å². The molecule has 0 spiro atoms. The van der Waals surface area contributed by atoms with Gasteiger partial charge in [0, 0.05) is 29.6 Å². The lowest BCUT2D eigenvalue weighted by atomic mass is 10.1. The van der Waals surface area contributed by atoms with Crippen molar-refractivity contribution < 1.29 is 9.53 Å². The average molecular weight is 330 g/mol. The molecule has 1 aromatic rings. The minimum absolute atomic E-state index is 0.0363. The smallest absolute Gasteiger partial charge is 0.255 e. The van der Waals surface area contributed by atoms with Crippen molar-refractivity contribution in [2.24, 2.45) is 0 Å². The van der Waals surface area contributed by atoms with Gasteiger partial charge in [-0.3, -0.25) is 4.79 Å². The second-order valence-corrected chi connectivity index (χ2v) is 5.81. The number of nitrogens with zero attached hydrogens (tertiary/aromatic N) is 1. The van der Waals surface area contributed by atoms with Gasteiger partial charge in [-0.2, -0.15) is 0 Å². The Bertz CT molecular complexity index is 453. The number of thiol groups is 1. The van der Waals surface area contributed by atoms with Crippen LogP contribution in [0.1, 0.15) is 23.2 Å². The molecule has 3 nitrogen and oxygen atoms in total. The molecule has 2 rings (SSSR count). The quantitative estimate of drug-likeness (QED) is 0.845. The third-order valence-corrected chi connectivity index (χ3v) is 4.05. The molecule has 0 radical (unpaired) electrons. The zero-order valence-electron chi connectivity index (χ0n) is 10.2. The van der Waals surface area contributed by atoms with Crippen LogP contribution in [0.5, 0.6) is 0 Å². The number of methoxy groups -OCH3 is 1. The number of carbonyl (C=O) groups is 1. The molecule has 0 bridgehead atoms. The predicted octanol–water partition coefficient (Wildman–Crippen LogP) is 2.99. The molecular formula is C13H16BrNO2S. The Kier molecular flexibility index (Phi) is 4.70. The van der Waals surface area contributed by atoms with E-state index >= 15 is 0 Å². The Morgan fingerprint density at radius 3 is 3.00 bits per heavy atom. The lowest BCUT2D eigenvalue weighted by Gasteiger charge is -2.32. The summed E-state index contributed by atoms with van der Waals surface area (Å²) in [6.07, 6.45) is 2.17. The van der Waals surface area contributed by atoms with Crippen molar-refractivity contribution in [2.75, 3.05) is 20.2 Å². The Morgan fingerprint density at radius 2 is 2.33 bits per heavy atom. The highest BCUT2D eigenvalue weighted by Crippen LogP contribution is 2.23. The summed E-state index contributed by atoms with van der Waals surface area (Å²) >= 11 is 7.73. The third-order valence-electron chi connectivity index (χ3n) is 3.19. The van der Waals surface area contributed by atoms with E-state index in [4.69, 9.17) is 4.74 Å². The topological polar surface area (TPSA) is 29.5 Å². The number of piperidine rings is 1. The third kappa shape index (κ3) is 3.08. The average Bonchev–Trinajstić information content (AvgIpc) is 2.38. The van der Waals surface area contributed by atoms with E-state index in [1.54, 1.807) is 7.11 Å². The first kappa shape index (κ1) is 13.9. The molecule has 5 heteroatoms. The van der Waals surface area contributed by atoms with Crippen LogP contribution in [0.4, 0.5) is 0 Å². The normalized spacial score (nSPS) is 19.9. The molecule has 1 heterocycles. The second-order valence-electron chi connectivity index (χ2n) is 4.41. The van der Waals surface area contributed by atoms with E-state index in [9.17, 15) is 4.79 Å². The number of rotatable bonds is 2. The lowest BCUT2D eigenvalue weighted by Crippen LogP contribution is -2.43. The first-order chi connectivity index (χ1) is 8.61. The Balaban J connectivity index is 2.15. The summed E-state index contributed by atoms with van der Waals surface area (Å²) in [5, 5.41) is 0. The van der Waals surface area contributed by atoms with Crippen LogP contribution in [-0.4, -0.2) is 37.1 Å². The summed E-state index contributed by atoms with van der Waals surface area (Å²) in [5.41, 5.74) is 0.651. The summed E-state index contributed by atoms with van der Waals surface area (Å²) in [5.74, 6) is 0.0363. The molecule has 0 aliphatic carbocycles. The molecule has 1 aliphatic heterocycles. The molecule has 1 aliphatic rings. The van der Waals surface area contributed by atoms with Gasteiger partial charge in [-0.15, -0.1) is 12.6 Å². The molecular weight excluding hydrogens is 314 g/mol. The molecule has 1 amide bonds. The second kappa shape index (κ2) is 6.08. The van der Waals surface area contributed by atoms with E-state index in [2.05, 4.69) is 28.6 Å². The molecule has 18 heavy (non-hydrogen) atoms. The summed E-state index contributed by atoms with van der Waals surface area (Å²) in [4.78, 5) is 15.0. The molecule has 0 saturated carbocycles. The van der Waals surface area contributed by atoms with Crippen LogP contribution >= 0.6 is 28.6 Å². The van der Waals surface area contributed by atoms with Crippen LogP contribution in [0.3, 0.4) is 0 Å². The van der Waals surface area contributed by atoms with Crippen molar-refractivity contribution in [3.63, 3.8) is 0 Å². The largest absolute Gasteiger partial charge is 0.380 e. The molecule has 0 N–H and O–H groups in total. The molecule has 0 aromatic heterocycles. The molecule has 98 valence electrons. The number of hydrogen-bond donors (Lipinski definition) is 1. The van der Waals surface area contributed by atoms with Gasteiger partial charge in [-0.25, -0.2) is 0 Å². The van der Waals surface area contributed by atoms with Crippen molar-refractivity contribution in [1.82, 2.24) is 4.90 Å². The van der Waals surface area contributed by atoms with Gasteiger partial charge in [-0.05, 0) is 31.0 Å². The van der Waals surface area contributed by atoms with Crippen LogP contribution in [0.25, 0.3) is 0 Å². The maximum absolute atomic E-state index is 12.4. The van der Waals surface area contributed by atoms with Crippen molar-refractivity contribution >= 4 is 34.5 Å². The van der Waals surface area contributed by atoms with Crippen LogP contribution < -0.4 is 0 Å². The van der Waals surface area contributed by atoms with Crippen molar-refractivity contribution in [3.05, 3.63) is 28.2 Å². The number of hydrogen-bond acceptors (Lipinski definition) is 3. The van der Waals surface area contributed by atoms with E-state index in [1.165, 1.54) is 0 Å². The number of ether oxygens (including phenoxy) is 1. The minimum atomic E-state index is 0.0363. The van der Waals surface area contributed by atoms with E-state index in [0.717, 1.165) is 23.9 Å². The van der Waals surface area contributed by atoms with Crippen LogP contribution in [0.2, 0.25) is 0 Å². The van der Waals surface area contributed by atoms with Gasteiger partial charge in [0.05, 0.1) is 11.7 Å². The number of benzene rings is 1. The zero-order chi connectivity index (χ0) is 13.1. The maximum atomic E-state index is 12.4. The Morgan fingerprint density at radius 1 is 1.56 bits per heavy atom. The fourth-order valence-electron chi connectivity index (χ4n) is 2.17. The van der Waals surface area contributed by atoms with Gasteiger partial charge in [0.25, 0.3) is 5.91 Å². The first-order valence-electron chi connectivity index (χ1n) is 5.92. The van der Waals surface area contributed by atoms with Gasteiger partial charge in [0.2, 0.25) is 0 Å². The van der Waals surface area contributed by atoms with Gasteiger partial charge >= 0.3 is 0 Å². The van der Waals surface area contributed by atoms with Crippen molar-refractivity contribution in [3.8, 4) is 0 Å². The van der Waals surface area contributed by atoms with Gasteiger partial charge < -0.3 is 9.64 Å². The predicted molar refractivity (Wildman–Crippen MR) is 77.3 cm³/mol. The highest BCUT2D eigenvalue weighted by atomic mass is 79.9. The fraction of sp³-hybridized carbons (Fsp3) is 0.462.